The molecular weight excluding hydrogens is 211 g/mol. The highest BCUT2D eigenvalue weighted by Crippen LogP contribution is 2.34. The van der Waals surface area contributed by atoms with Gasteiger partial charge >= 0.3 is 0 Å². The Kier molecular flexibility index (Phi) is 1.73. The number of halogens is 1. The van der Waals surface area contributed by atoms with E-state index in [0.717, 1.165) is 0 Å². The van der Waals surface area contributed by atoms with Gasteiger partial charge in [0, 0.05) is 10.9 Å². The summed E-state index contributed by atoms with van der Waals surface area (Å²) in [5, 5.41) is 4.18. The van der Waals surface area contributed by atoms with Crippen molar-refractivity contribution >= 4 is 16.9 Å². The van der Waals surface area contributed by atoms with Gasteiger partial charge in [0.2, 0.25) is 5.88 Å². The second-order valence-corrected chi connectivity index (χ2v) is 3.36. The monoisotopic (exact) mass is 218 g/mol. The van der Waals surface area contributed by atoms with Gasteiger partial charge in [0.15, 0.2) is 0 Å². The van der Waals surface area contributed by atoms with Crippen LogP contribution in [-0.4, -0.2) is 5.16 Å². The lowest BCUT2D eigenvalue weighted by atomic mass is 10.0. The number of hydrogen-bond donors (Lipinski definition) is 1. The number of fused-ring (bicyclic) bond motifs is 1. The molecule has 2 aromatic heterocycles. The first-order valence-electron chi connectivity index (χ1n) is 4.63. The molecule has 1 aromatic carbocycles. The van der Waals surface area contributed by atoms with Crippen LogP contribution in [0.2, 0.25) is 0 Å². The van der Waals surface area contributed by atoms with Crippen LogP contribution in [0.5, 0.6) is 0 Å². The maximum atomic E-state index is 13.8. The molecule has 80 valence electrons. The van der Waals surface area contributed by atoms with Gasteiger partial charge in [-0.15, -0.1) is 0 Å². The lowest BCUT2D eigenvalue weighted by Crippen LogP contribution is -1.88. The Morgan fingerprint density at radius 1 is 1.25 bits per heavy atom. The van der Waals surface area contributed by atoms with Crippen molar-refractivity contribution in [1.29, 1.82) is 0 Å². The van der Waals surface area contributed by atoms with Gasteiger partial charge < -0.3 is 14.7 Å². The molecule has 2 N–H and O–H groups in total. The van der Waals surface area contributed by atoms with Crippen LogP contribution in [-0.2, 0) is 0 Å². The minimum Gasteiger partial charge on any atom is -0.464 e. The Morgan fingerprint density at radius 2 is 2.12 bits per heavy atom. The normalized spacial score (nSPS) is 11.1. The molecule has 0 spiro atoms. The summed E-state index contributed by atoms with van der Waals surface area (Å²) >= 11 is 0. The summed E-state index contributed by atoms with van der Waals surface area (Å²) in [5.74, 6) is -0.295. The standard InChI is InChI=1S/C11H7FN2O2/c12-8-1-2-9-6(3-4-15-9)10(8)7-5-14-16-11(7)13/h1-5H,13H2. The third-order valence-electron chi connectivity index (χ3n) is 2.45. The van der Waals surface area contributed by atoms with Crippen LogP contribution in [0, 0.1) is 5.82 Å². The zero-order valence-corrected chi connectivity index (χ0v) is 8.11. The lowest BCUT2D eigenvalue weighted by Gasteiger charge is -2.01. The number of hydrogen-bond acceptors (Lipinski definition) is 4. The molecule has 0 aliphatic rings. The molecule has 0 saturated heterocycles. The first kappa shape index (κ1) is 8.96. The molecule has 3 rings (SSSR count). The topological polar surface area (TPSA) is 65.2 Å². The van der Waals surface area contributed by atoms with E-state index in [1.165, 1.54) is 18.5 Å². The molecule has 0 bridgehead atoms. The zero-order chi connectivity index (χ0) is 11.1. The average Bonchev–Trinajstić information content (AvgIpc) is 2.87. The van der Waals surface area contributed by atoms with Crippen LogP contribution in [0.1, 0.15) is 0 Å². The van der Waals surface area contributed by atoms with E-state index < -0.39 is 0 Å². The van der Waals surface area contributed by atoms with Crippen molar-refractivity contribution in [2.24, 2.45) is 0 Å². The van der Waals surface area contributed by atoms with Gasteiger partial charge in [0.25, 0.3) is 0 Å². The van der Waals surface area contributed by atoms with Gasteiger partial charge in [0.1, 0.15) is 11.4 Å². The highest BCUT2D eigenvalue weighted by Gasteiger charge is 2.16. The number of furan rings is 1. The second kappa shape index (κ2) is 3.10. The van der Waals surface area contributed by atoms with E-state index in [0.29, 0.717) is 22.1 Å². The molecule has 4 nitrogen and oxygen atoms in total. The first-order valence-corrected chi connectivity index (χ1v) is 4.63. The predicted molar refractivity (Wildman–Crippen MR) is 56.1 cm³/mol. The summed E-state index contributed by atoms with van der Waals surface area (Å²) in [6.07, 6.45) is 2.89. The molecule has 0 radical (unpaired) electrons. The number of nitrogens with two attached hydrogens (primary N) is 1. The van der Waals surface area contributed by atoms with E-state index in [1.54, 1.807) is 12.1 Å². The van der Waals surface area contributed by atoms with E-state index in [9.17, 15) is 4.39 Å². The van der Waals surface area contributed by atoms with E-state index in [-0.39, 0.29) is 11.7 Å². The van der Waals surface area contributed by atoms with Gasteiger partial charge in [-0.05, 0) is 18.2 Å². The van der Waals surface area contributed by atoms with Crippen LogP contribution in [0.3, 0.4) is 0 Å². The van der Waals surface area contributed by atoms with E-state index in [2.05, 4.69) is 5.16 Å². The molecule has 3 aromatic rings. The number of rotatable bonds is 1. The fraction of sp³-hybridized carbons (Fsp3) is 0. The maximum Gasteiger partial charge on any atom is 0.230 e. The second-order valence-electron chi connectivity index (χ2n) is 3.36. The van der Waals surface area contributed by atoms with Crippen LogP contribution in [0.25, 0.3) is 22.1 Å². The quantitative estimate of drug-likeness (QED) is 0.682. The Bertz CT molecular complexity index is 657. The van der Waals surface area contributed by atoms with Crippen molar-refractivity contribution in [1.82, 2.24) is 5.16 Å². The molecule has 16 heavy (non-hydrogen) atoms. The predicted octanol–water partition coefficient (Wildman–Crippen LogP) is 2.81. The van der Waals surface area contributed by atoms with E-state index in [1.807, 2.05) is 0 Å². The number of aromatic nitrogens is 1. The first-order chi connectivity index (χ1) is 7.77. The van der Waals surface area contributed by atoms with Crippen LogP contribution >= 0.6 is 0 Å². The van der Waals surface area contributed by atoms with Gasteiger partial charge in [-0.25, -0.2) is 4.39 Å². The third-order valence-corrected chi connectivity index (χ3v) is 2.45. The molecule has 0 atom stereocenters. The summed E-state index contributed by atoms with van der Waals surface area (Å²) in [5.41, 5.74) is 6.96. The molecule has 0 unspecified atom stereocenters. The van der Waals surface area contributed by atoms with Crippen molar-refractivity contribution < 1.29 is 13.3 Å². The van der Waals surface area contributed by atoms with Crippen LogP contribution in [0.15, 0.2) is 39.6 Å². The molecular formula is C11H7FN2O2. The molecule has 5 heteroatoms. The summed E-state index contributed by atoms with van der Waals surface area (Å²) in [6.45, 7) is 0. The van der Waals surface area contributed by atoms with Crippen molar-refractivity contribution in [3.8, 4) is 11.1 Å². The van der Waals surface area contributed by atoms with Gasteiger partial charge in [-0.1, -0.05) is 5.16 Å². The van der Waals surface area contributed by atoms with E-state index in [4.69, 9.17) is 14.7 Å². The summed E-state index contributed by atoms with van der Waals surface area (Å²) in [6, 6.07) is 4.58. The molecule has 2 heterocycles. The maximum absolute atomic E-state index is 13.8. The number of anilines is 1. The number of nitrogen functional groups attached to an aromatic ring is 1. The SMILES string of the molecule is Nc1oncc1-c1c(F)ccc2occc12. The van der Waals surface area contributed by atoms with E-state index >= 15 is 0 Å². The van der Waals surface area contributed by atoms with Gasteiger partial charge in [-0.2, -0.15) is 0 Å². The smallest absolute Gasteiger partial charge is 0.230 e. The molecule has 0 amide bonds. The van der Waals surface area contributed by atoms with Crippen molar-refractivity contribution in [2.75, 3.05) is 5.73 Å². The summed E-state index contributed by atoms with van der Waals surface area (Å²) < 4.78 is 23.7. The summed E-state index contributed by atoms with van der Waals surface area (Å²) in [7, 11) is 0. The van der Waals surface area contributed by atoms with Gasteiger partial charge in [-0.3, -0.25) is 0 Å². The fourth-order valence-corrected chi connectivity index (χ4v) is 1.73. The fourth-order valence-electron chi connectivity index (χ4n) is 1.73. The number of nitrogens with zero attached hydrogens (tertiary/aromatic N) is 1. The Balaban J connectivity index is 2.42. The van der Waals surface area contributed by atoms with Crippen molar-refractivity contribution in [3.63, 3.8) is 0 Å². The minimum atomic E-state index is -0.385. The molecule has 0 saturated carbocycles. The van der Waals surface area contributed by atoms with Crippen molar-refractivity contribution in [2.45, 2.75) is 0 Å². The molecule has 0 aliphatic heterocycles. The highest BCUT2D eigenvalue weighted by atomic mass is 19.1. The largest absolute Gasteiger partial charge is 0.464 e. The van der Waals surface area contributed by atoms with Crippen molar-refractivity contribution in [3.05, 3.63) is 36.5 Å². The number of benzene rings is 1. The third kappa shape index (κ3) is 1.11. The highest BCUT2D eigenvalue weighted by molar-refractivity contribution is 5.96. The molecule has 0 fully saturated rings. The minimum absolute atomic E-state index is 0.0904. The lowest BCUT2D eigenvalue weighted by molar-refractivity contribution is 0.436. The summed E-state index contributed by atoms with van der Waals surface area (Å²) in [4.78, 5) is 0. The van der Waals surface area contributed by atoms with Crippen LogP contribution in [0.4, 0.5) is 10.3 Å². The van der Waals surface area contributed by atoms with Gasteiger partial charge in [0.05, 0.1) is 18.0 Å². The van der Waals surface area contributed by atoms with Crippen LogP contribution < -0.4 is 5.73 Å². The molecule has 0 aliphatic carbocycles. The Morgan fingerprint density at radius 3 is 2.88 bits per heavy atom. The Labute approximate surface area is 89.4 Å². The average molecular weight is 218 g/mol. The Hall–Kier alpha value is -2.30. The zero-order valence-electron chi connectivity index (χ0n) is 8.11.